The van der Waals surface area contributed by atoms with Crippen LogP contribution in [0.4, 0.5) is 0 Å². The average Bonchev–Trinajstić information content (AvgIpc) is 2.48. The maximum atomic E-state index is 1.56. The van der Waals surface area contributed by atoms with Crippen molar-refractivity contribution in [2.45, 2.75) is 94.8 Å². The second-order valence-corrected chi connectivity index (χ2v) is 10.1. The van der Waals surface area contributed by atoms with Gasteiger partial charge in [-0.2, -0.15) is 0 Å². The first-order valence-corrected chi connectivity index (χ1v) is 11.5. The summed E-state index contributed by atoms with van der Waals surface area (Å²) in [6, 6.07) is 0. The summed E-state index contributed by atoms with van der Waals surface area (Å²) in [5.74, 6) is 0. The molecule has 0 radical (unpaired) electrons. The summed E-state index contributed by atoms with van der Waals surface area (Å²) in [5.41, 5.74) is 2.27. The molecule has 0 saturated heterocycles. The van der Waals surface area contributed by atoms with E-state index in [4.69, 9.17) is 0 Å². The summed E-state index contributed by atoms with van der Waals surface area (Å²) in [4.78, 5) is 0. The molecule has 2 atom stereocenters. The second-order valence-electron chi connectivity index (χ2n) is 6.64. The van der Waals surface area contributed by atoms with E-state index in [-0.39, 0.29) is 0 Å². The van der Waals surface area contributed by atoms with Crippen molar-refractivity contribution in [2.75, 3.05) is 12.3 Å². The Balaban J connectivity index is 1.35. The second kappa shape index (κ2) is 10.6. The van der Waals surface area contributed by atoms with Gasteiger partial charge >= 0.3 is 0 Å². The first-order chi connectivity index (χ1) is 9.45. The smallest absolute Gasteiger partial charge is 0.0237 e. The lowest BCUT2D eigenvalue weighted by molar-refractivity contribution is 0.512. The molecule has 2 saturated carbocycles. The van der Waals surface area contributed by atoms with Gasteiger partial charge in [0.05, 0.1) is 0 Å². The minimum absolute atomic E-state index is 1.14. The summed E-state index contributed by atoms with van der Waals surface area (Å²) < 4.78 is 0. The molecular formula is C17H34P2. The lowest BCUT2D eigenvalue weighted by Crippen LogP contribution is -2.07. The Kier molecular flexibility index (Phi) is 9.03. The quantitative estimate of drug-likeness (QED) is 0.371. The number of hydrogen-bond donors (Lipinski definition) is 0. The van der Waals surface area contributed by atoms with E-state index in [2.05, 4.69) is 0 Å². The number of hydrogen-bond acceptors (Lipinski definition) is 0. The molecule has 0 N–H and O–H groups in total. The molecule has 2 unspecified atom stereocenters. The Bertz CT molecular complexity index is 183. The summed E-state index contributed by atoms with van der Waals surface area (Å²) in [6.45, 7) is 0. The third-order valence-corrected chi connectivity index (χ3v) is 8.52. The van der Waals surface area contributed by atoms with Crippen molar-refractivity contribution >= 4 is 17.2 Å². The first kappa shape index (κ1) is 16.2. The molecule has 112 valence electrons. The zero-order valence-electron chi connectivity index (χ0n) is 12.8. The highest BCUT2D eigenvalue weighted by atomic mass is 31.1. The molecule has 19 heavy (non-hydrogen) atoms. The number of unbranched alkanes of at least 4 members (excludes halogenated alkanes) is 2. The van der Waals surface area contributed by atoms with Gasteiger partial charge in [-0.25, -0.2) is 0 Å². The van der Waals surface area contributed by atoms with E-state index in [0.29, 0.717) is 0 Å². The SMILES string of the molecule is C(CCPC1CCCCC1)CCPC1CCCCC1. The standard InChI is InChI=1S/C17H34P2/c1-4-10-16(11-5-1)18-14-8-3-9-15-19-17-12-6-2-7-13-17/h16-19H,1-15H2. The molecule has 0 spiro atoms. The third-order valence-electron chi connectivity index (χ3n) is 4.93. The Hall–Kier alpha value is 0.860. The maximum Gasteiger partial charge on any atom is -0.0237 e. The Morgan fingerprint density at radius 3 is 1.37 bits per heavy atom. The predicted octanol–water partition coefficient (Wildman–Crippen LogP) is 6.18. The lowest BCUT2D eigenvalue weighted by Gasteiger charge is -2.22. The van der Waals surface area contributed by atoms with Crippen LogP contribution >= 0.6 is 17.2 Å². The maximum absolute atomic E-state index is 1.56. The van der Waals surface area contributed by atoms with Gasteiger partial charge in [0, 0.05) is 0 Å². The molecule has 0 aliphatic heterocycles. The fourth-order valence-corrected chi connectivity index (χ4v) is 7.01. The topological polar surface area (TPSA) is 0 Å². The number of rotatable bonds is 8. The highest BCUT2D eigenvalue weighted by Gasteiger charge is 2.13. The molecule has 0 nitrogen and oxygen atoms in total. The van der Waals surface area contributed by atoms with E-state index < -0.39 is 0 Å². The van der Waals surface area contributed by atoms with Gasteiger partial charge in [0.25, 0.3) is 0 Å². The van der Waals surface area contributed by atoms with Gasteiger partial charge in [-0.05, 0) is 62.2 Å². The van der Waals surface area contributed by atoms with Crippen LogP contribution < -0.4 is 0 Å². The van der Waals surface area contributed by atoms with E-state index in [0.717, 1.165) is 11.3 Å². The summed E-state index contributed by atoms with van der Waals surface area (Å²) >= 11 is 0. The van der Waals surface area contributed by atoms with Crippen molar-refractivity contribution < 1.29 is 0 Å². The summed E-state index contributed by atoms with van der Waals surface area (Å²) in [7, 11) is 2.60. The van der Waals surface area contributed by atoms with Crippen LogP contribution in [-0.2, 0) is 0 Å². The largest absolute Gasteiger partial charge is 0.119 e. The van der Waals surface area contributed by atoms with Crippen molar-refractivity contribution in [1.82, 2.24) is 0 Å². The highest BCUT2D eigenvalue weighted by molar-refractivity contribution is 7.39. The van der Waals surface area contributed by atoms with Crippen LogP contribution in [0.5, 0.6) is 0 Å². The highest BCUT2D eigenvalue weighted by Crippen LogP contribution is 2.35. The zero-order valence-corrected chi connectivity index (χ0v) is 14.8. The van der Waals surface area contributed by atoms with Crippen molar-refractivity contribution in [1.29, 1.82) is 0 Å². The Morgan fingerprint density at radius 1 is 0.526 bits per heavy atom. The van der Waals surface area contributed by atoms with Gasteiger partial charge in [0.1, 0.15) is 0 Å². The molecule has 0 amide bonds. The van der Waals surface area contributed by atoms with E-state index >= 15 is 0 Å². The molecular weight excluding hydrogens is 266 g/mol. The Morgan fingerprint density at radius 2 is 0.947 bits per heavy atom. The molecule has 0 bridgehead atoms. The predicted molar refractivity (Wildman–Crippen MR) is 94.0 cm³/mol. The van der Waals surface area contributed by atoms with Gasteiger partial charge in [-0.1, -0.05) is 44.9 Å². The van der Waals surface area contributed by atoms with Crippen LogP contribution in [0.3, 0.4) is 0 Å². The van der Waals surface area contributed by atoms with Gasteiger partial charge in [-0.15, -0.1) is 17.2 Å². The molecule has 2 heteroatoms. The fraction of sp³-hybridized carbons (Fsp3) is 1.00. The lowest BCUT2D eigenvalue weighted by atomic mass is 10.0. The third kappa shape index (κ3) is 7.43. The fourth-order valence-electron chi connectivity index (χ4n) is 3.65. The van der Waals surface area contributed by atoms with Crippen molar-refractivity contribution in [2.24, 2.45) is 0 Å². The van der Waals surface area contributed by atoms with E-state index in [1.54, 1.807) is 38.0 Å². The molecule has 0 heterocycles. The van der Waals surface area contributed by atoms with Crippen molar-refractivity contribution in [3.05, 3.63) is 0 Å². The van der Waals surface area contributed by atoms with Gasteiger partial charge in [0.2, 0.25) is 0 Å². The van der Waals surface area contributed by atoms with Crippen LogP contribution in [0, 0.1) is 0 Å². The van der Waals surface area contributed by atoms with Gasteiger partial charge in [-0.3, -0.25) is 0 Å². The van der Waals surface area contributed by atoms with Crippen LogP contribution in [0.1, 0.15) is 83.5 Å². The monoisotopic (exact) mass is 300 g/mol. The van der Waals surface area contributed by atoms with Crippen LogP contribution in [0.2, 0.25) is 0 Å². The van der Waals surface area contributed by atoms with Gasteiger partial charge < -0.3 is 0 Å². The Labute approximate surface area is 124 Å². The minimum Gasteiger partial charge on any atom is -0.119 e. The van der Waals surface area contributed by atoms with Crippen LogP contribution in [-0.4, -0.2) is 23.6 Å². The zero-order chi connectivity index (χ0) is 13.2. The molecule has 0 aromatic rings. The first-order valence-electron chi connectivity index (χ1n) is 8.92. The summed E-state index contributed by atoms with van der Waals surface area (Å²) in [6.07, 6.45) is 23.1. The average molecular weight is 300 g/mol. The van der Waals surface area contributed by atoms with Crippen molar-refractivity contribution in [3.63, 3.8) is 0 Å². The molecule has 2 rings (SSSR count). The van der Waals surface area contributed by atoms with E-state index in [1.807, 2.05) is 0 Å². The molecule has 2 aliphatic carbocycles. The molecule has 2 aliphatic rings. The minimum atomic E-state index is 1.14. The van der Waals surface area contributed by atoms with Crippen LogP contribution in [0.25, 0.3) is 0 Å². The molecule has 2 fully saturated rings. The molecule has 0 aromatic heterocycles. The summed E-state index contributed by atoms with van der Waals surface area (Å²) in [5, 5.41) is 0. The normalized spacial score (nSPS) is 24.0. The van der Waals surface area contributed by atoms with Crippen LogP contribution in [0.15, 0.2) is 0 Å². The van der Waals surface area contributed by atoms with Gasteiger partial charge in [0.15, 0.2) is 0 Å². The molecule has 0 aromatic carbocycles. The van der Waals surface area contributed by atoms with Crippen molar-refractivity contribution in [3.8, 4) is 0 Å². The van der Waals surface area contributed by atoms with E-state index in [1.165, 1.54) is 74.9 Å². The van der Waals surface area contributed by atoms with E-state index in [9.17, 15) is 0 Å².